The summed E-state index contributed by atoms with van der Waals surface area (Å²) in [7, 11) is 0. The SMILES string of the molecule is N[C@]1(CNCC(F)(F)F)[C@@H]2CC[C@H]1Cc1cc(OCc3ccccc3)ccc1C2. The molecule has 0 unspecified atom stereocenters. The maximum Gasteiger partial charge on any atom is 0.401 e. The first-order valence-electron chi connectivity index (χ1n) is 10.2. The Morgan fingerprint density at radius 1 is 1.00 bits per heavy atom. The van der Waals surface area contributed by atoms with E-state index < -0.39 is 18.3 Å². The van der Waals surface area contributed by atoms with Gasteiger partial charge in [-0.1, -0.05) is 36.4 Å². The van der Waals surface area contributed by atoms with E-state index in [2.05, 4.69) is 17.4 Å². The first-order valence-corrected chi connectivity index (χ1v) is 10.2. The Hall–Kier alpha value is -2.05. The quantitative estimate of drug-likeness (QED) is 0.757. The maximum atomic E-state index is 12.6. The Morgan fingerprint density at radius 2 is 1.69 bits per heavy atom. The Kier molecular flexibility index (Phi) is 5.58. The second-order valence-corrected chi connectivity index (χ2v) is 8.42. The Balaban J connectivity index is 1.45. The third kappa shape index (κ3) is 4.59. The molecule has 0 heterocycles. The van der Waals surface area contributed by atoms with E-state index in [4.69, 9.17) is 10.5 Å². The van der Waals surface area contributed by atoms with Gasteiger partial charge in [0.25, 0.3) is 0 Å². The van der Waals surface area contributed by atoms with Gasteiger partial charge in [0.2, 0.25) is 0 Å². The molecule has 1 saturated carbocycles. The molecule has 0 aromatic heterocycles. The molecule has 29 heavy (non-hydrogen) atoms. The predicted molar refractivity (Wildman–Crippen MR) is 107 cm³/mol. The first-order chi connectivity index (χ1) is 13.8. The number of halogens is 3. The van der Waals surface area contributed by atoms with Crippen molar-refractivity contribution in [2.75, 3.05) is 13.1 Å². The molecule has 0 radical (unpaired) electrons. The number of nitrogens with two attached hydrogens (primary N) is 1. The van der Waals surface area contributed by atoms with Gasteiger partial charge in [-0.25, -0.2) is 0 Å². The molecule has 3 N–H and O–H groups in total. The summed E-state index contributed by atoms with van der Waals surface area (Å²) in [4.78, 5) is 0. The van der Waals surface area contributed by atoms with Crippen molar-refractivity contribution in [3.63, 3.8) is 0 Å². The Labute approximate surface area is 169 Å². The van der Waals surface area contributed by atoms with Crippen LogP contribution in [0, 0.1) is 11.8 Å². The summed E-state index contributed by atoms with van der Waals surface area (Å²) < 4.78 is 43.7. The van der Waals surface area contributed by atoms with Gasteiger partial charge in [0.1, 0.15) is 12.4 Å². The average molecular weight is 404 g/mol. The lowest BCUT2D eigenvalue weighted by Crippen LogP contribution is -2.57. The van der Waals surface area contributed by atoms with Crippen molar-refractivity contribution >= 4 is 0 Å². The molecule has 4 rings (SSSR count). The number of benzene rings is 2. The van der Waals surface area contributed by atoms with E-state index in [-0.39, 0.29) is 18.4 Å². The molecule has 0 spiro atoms. The van der Waals surface area contributed by atoms with Gasteiger partial charge in [0.05, 0.1) is 6.54 Å². The fraction of sp³-hybridized carbons (Fsp3) is 0.478. The van der Waals surface area contributed by atoms with E-state index in [9.17, 15) is 13.2 Å². The van der Waals surface area contributed by atoms with E-state index in [0.29, 0.717) is 6.61 Å². The van der Waals surface area contributed by atoms with Crippen LogP contribution in [0.1, 0.15) is 29.5 Å². The van der Waals surface area contributed by atoms with Gasteiger partial charge in [-0.3, -0.25) is 0 Å². The van der Waals surface area contributed by atoms with Crippen molar-refractivity contribution in [2.45, 2.75) is 44.0 Å². The highest BCUT2D eigenvalue weighted by Crippen LogP contribution is 2.46. The van der Waals surface area contributed by atoms with Crippen LogP contribution in [-0.2, 0) is 19.4 Å². The normalized spacial score (nSPS) is 26.1. The molecule has 6 heteroatoms. The van der Waals surface area contributed by atoms with Gasteiger partial charge in [0.15, 0.2) is 0 Å². The summed E-state index contributed by atoms with van der Waals surface area (Å²) >= 11 is 0. The third-order valence-electron chi connectivity index (χ3n) is 6.50. The number of nitrogens with one attached hydrogen (secondary N) is 1. The van der Waals surface area contributed by atoms with Crippen molar-refractivity contribution in [1.29, 1.82) is 0 Å². The molecule has 156 valence electrons. The summed E-state index contributed by atoms with van der Waals surface area (Å²) in [6.45, 7) is -0.281. The Morgan fingerprint density at radius 3 is 2.38 bits per heavy atom. The van der Waals surface area contributed by atoms with Crippen LogP contribution in [0.25, 0.3) is 0 Å². The zero-order chi connectivity index (χ0) is 20.5. The summed E-state index contributed by atoms with van der Waals surface area (Å²) in [5, 5.41) is 2.57. The summed E-state index contributed by atoms with van der Waals surface area (Å²) in [5.74, 6) is 1.20. The van der Waals surface area contributed by atoms with E-state index in [1.54, 1.807) is 0 Å². The first kappa shape index (κ1) is 20.2. The molecule has 2 bridgehead atoms. The third-order valence-corrected chi connectivity index (χ3v) is 6.50. The standard InChI is InChI=1S/C23H27F3N2O/c24-23(25,26)15-28-14-22(27)19-7-8-20(22)11-18-12-21(9-6-17(18)10-19)29-13-16-4-2-1-3-5-16/h1-6,9,12,19-20,28H,7-8,10-11,13-15,27H2/t19-,20+,22-/m1/s1. The molecule has 3 nitrogen and oxygen atoms in total. The fourth-order valence-electron chi connectivity index (χ4n) is 4.92. The zero-order valence-corrected chi connectivity index (χ0v) is 16.3. The van der Waals surface area contributed by atoms with Crippen molar-refractivity contribution in [3.05, 3.63) is 65.2 Å². The number of rotatable bonds is 6. The van der Waals surface area contributed by atoms with Crippen molar-refractivity contribution in [2.24, 2.45) is 17.6 Å². The monoisotopic (exact) mass is 404 g/mol. The maximum absolute atomic E-state index is 12.6. The van der Waals surface area contributed by atoms with Crippen LogP contribution in [-0.4, -0.2) is 24.8 Å². The Bertz CT molecular complexity index is 840. The van der Waals surface area contributed by atoms with Crippen LogP contribution in [0.3, 0.4) is 0 Å². The minimum atomic E-state index is -4.21. The molecule has 2 aliphatic rings. The van der Waals surface area contributed by atoms with Gasteiger partial charge in [-0.05, 0) is 66.3 Å². The lowest BCUT2D eigenvalue weighted by atomic mass is 9.79. The van der Waals surface area contributed by atoms with Crippen molar-refractivity contribution in [1.82, 2.24) is 5.32 Å². The van der Waals surface area contributed by atoms with E-state index in [0.717, 1.165) is 37.0 Å². The summed E-state index contributed by atoms with van der Waals surface area (Å²) in [5.41, 5.74) is 9.70. The summed E-state index contributed by atoms with van der Waals surface area (Å²) in [6, 6.07) is 16.2. The van der Waals surface area contributed by atoms with Crippen LogP contribution >= 0.6 is 0 Å². The zero-order valence-electron chi connectivity index (χ0n) is 16.3. The van der Waals surface area contributed by atoms with Crippen LogP contribution < -0.4 is 15.8 Å². The number of hydrogen-bond acceptors (Lipinski definition) is 3. The van der Waals surface area contributed by atoms with Crippen molar-refractivity contribution < 1.29 is 17.9 Å². The smallest absolute Gasteiger partial charge is 0.401 e. The molecule has 2 aromatic carbocycles. The largest absolute Gasteiger partial charge is 0.489 e. The van der Waals surface area contributed by atoms with Crippen molar-refractivity contribution in [3.8, 4) is 5.75 Å². The lowest BCUT2D eigenvalue weighted by molar-refractivity contribution is -0.125. The van der Waals surface area contributed by atoms with E-state index >= 15 is 0 Å². The van der Waals surface area contributed by atoms with E-state index in [1.807, 2.05) is 36.4 Å². The number of fused-ring (bicyclic) bond motifs is 3. The van der Waals surface area contributed by atoms with Gasteiger partial charge in [-0.2, -0.15) is 13.2 Å². The van der Waals surface area contributed by atoms with Crippen LogP contribution in [0.15, 0.2) is 48.5 Å². The fourth-order valence-corrected chi connectivity index (χ4v) is 4.92. The number of ether oxygens (including phenoxy) is 1. The minimum absolute atomic E-state index is 0.179. The molecular formula is C23H27F3N2O. The van der Waals surface area contributed by atoms with Gasteiger partial charge >= 0.3 is 6.18 Å². The van der Waals surface area contributed by atoms with Gasteiger partial charge in [-0.15, -0.1) is 0 Å². The second kappa shape index (κ2) is 8.00. The van der Waals surface area contributed by atoms with Crippen LogP contribution in [0.2, 0.25) is 0 Å². The molecule has 2 aliphatic carbocycles. The topological polar surface area (TPSA) is 47.3 Å². The second-order valence-electron chi connectivity index (χ2n) is 8.42. The molecule has 3 atom stereocenters. The molecule has 0 saturated heterocycles. The molecule has 1 fully saturated rings. The average Bonchev–Trinajstić information content (AvgIpc) is 2.89. The number of hydrogen-bond donors (Lipinski definition) is 2. The van der Waals surface area contributed by atoms with E-state index in [1.165, 1.54) is 11.1 Å². The molecular weight excluding hydrogens is 377 g/mol. The predicted octanol–water partition coefficient (Wildman–Crippen LogP) is 4.24. The molecule has 0 amide bonds. The highest BCUT2D eigenvalue weighted by Gasteiger charge is 2.49. The van der Waals surface area contributed by atoms with Gasteiger partial charge < -0.3 is 15.8 Å². The highest BCUT2D eigenvalue weighted by molar-refractivity contribution is 5.39. The van der Waals surface area contributed by atoms with Gasteiger partial charge in [0, 0.05) is 12.1 Å². The molecule has 2 aromatic rings. The molecule has 0 aliphatic heterocycles. The minimum Gasteiger partial charge on any atom is -0.489 e. The van der Waals surface area contributed by atoms with Crippen LogP contribution in [0.5, 0.6) is 5.75 Å². The lowest BCUT2D eigenvalue weighted by Gasteiger charge is -2.35. The highest BCUT2D eigenvalue weighted by atomic mass is 19.4. The van der Waals surface area contributed by atoms with Crippen LogP contribution in [0.4, 0.5) is 13.2 Å². The summed E-state index contributed by atoms with van der Waals surface area (Å²) in [6.07, 6.45) is -0.675. The number of alkyl halides is 3.